The van der Waals surface area contributed by atoms with E-state index in [-0.39, 0.29) is 0 Å². The minimum atomic E-state index is 0.625. The molecule has 3 aliphatic rings. The van der Waals surface area contributed by atoms with Crippen LogP contribution in [-0.4, -0.2) is 0 Å². The fourth-order valence-electron chi connectivity index (χ4n) is 19.9. The maximum absolute atomic E-state index is 2.44. The molecule has 0 spiro atoms. The molecular formula is C117H102N3+3. The van der Waals surface area contributed by atoms with E-state index in [2.05, 4.69) is 443 Å². The Labute approximate surface area is 708 Å². The third-order valence-electron chi connectivity index (χ3n) is 25.4. The van der Waals surface area contributed by atoms with Gasteiger partial charge in [0.2, 0.25) is 33.6 Å². The van der Waals surface area contributed by atoms with Gasteiger partial charge in [0.05, 0.1) is 0 Å². The molecule has 0 unspecified atom stereocenters. The van der Waals surface area contributed by atoms with Gasteiger partial charge < -0.3 is 0 Å². The van der Waals surface area contributed by atoms with Crippen molar-refractivity contribution in [1.29, 1.82) is 0 Å². The second-order valence-corrected chi connectivity index (χ2v) is 34.8. The van der Waals surface area contributed by atoms with Gasteiger partial charge in [0.15, 0.2) is 0 Å². The quantitative estimate of drug-likeness (QED) is 0.128. The van der Waals surface area contributed by atoms with Crippen molar-refractivity contribution in [2.24, 2.45) is 38.9 Å². The topological polar surface area (TPSA) is 11.6 Å². The van der Waals surface area contributed by atoms with E-state index in [0.29, 0.717) is 17.8 Å². The first-order valence-electron chi connectivity index (χ1n) is 43.0. The average molecular weight is 1550 g/mol. The Kier molecular flexibility index (Phi) is 20.3. The monoisotopic (exact) mass is 1550 g/mol. The average Bonchev–Trinajstić information content (AvgIpc) is 0.743. The summed E-state index contributed by atoms with van der Waals surface area (Å²) < 4.78 is 7.12. The Hall–Kier alpha value is -13.5. The molecule has 0 radical (unpaired) electrons. The first-order valence-corrected chi connectivity index (χ1v) is 43.0. The molecule has 0 saturated heterocycles. The van der Waals surface area contributed by atoms with Gasteiger partial charge in [0, 0.05) is 69.2 Å². The highest BCUT2D eigenvalue weighted by Gasteiger charge is 2.31. The van der Waals surface area contributed by atoms with Gasteiger partial charge in [0.1, 0.15) is 21.1 Å². The van der Waals surface area contributed by atoms with Gasteiger partial charge >= 0.3 is 0 Å². The molecule has 0 amide bonds. The number of hydrogen-bond donors (Lipinski definition) is 0. The van der Waals surface area contributed by atoms with Crippen LogP contribution in [0.4, 0.5) is 0 Å². The molecule has 3 aromatic heterocycles. The van der Waals surface area contributed by atoms with Crippen molar-refractivity contribution in [3.05, 3.63) is 379 Å². The Morgan fingerprint density at radius 1 is 0.192 bits per heavy atom. The summed E-state index contributed by atoms with van der Waals surface area (Å²) in [5.41, 5.74) is 50.3. The molecule has 582 valence electrons. The molecule has 3 nitrogen and oxygen atoms in total. The third-order valence-corrected chi connectivity index (χ3v) is 25.4. The first-order chi connectivity index (χ1) is 58.5. The van der Waals surface area contributed by atoms with Gasteiger partial charge in [-0.25, -0.2) is 0 Å². The summed E-state index contributed by atoms with van der Waals surface area (Å²) in [6.07, 6.45) is 3.29. The fourth-order valence-corrected chi connectivity index (χ4v) is 19.9. The predicted molar refractivity (Wildman–Crippen MR) is 507 cm³/mol. The van der Waals surface area contributed by atoms with Crippen molar-refractivity contribution in [1.82, 2.24) is 0 Å². The molecule has 3 heteroatoms. The van der Waals surface area contributed by atoms with Gasteiger partial charge in [-0.2, -0.15) is 13.7 Å². The summed E-state index contributed by atoms with van der Waals surface area (Å²) in [4.78, 5) is 0. The van der Waals surface area contributed by atoms with Crippen LogP contribution in [0, 0.1) is 38.5 Å². The third kappa shape index (κ3) is 13.8. The lowest BCUT2D eigenvalue weighted by atomic mass is 9.79. The van der Waals surface area contributed by atoms with Crippen molar-refractivity contribution in [3.63, 3.8) is 0 Å². The zero-order chi connectivity index (χ0) is 82.1. The number of hydrogen-bond acceptors (Lipinski definition) is 0. The van der Waals surface area contributed by atoms with Gasteiger partial charge in [0.25, 0.3) is 0 Å². The lowest BCUT2D eigenvalue weighted by Gasteiger charge is -2.24. The summed E-state index contributed by atoms with van der Waals surface area (Å²) in [5.74, 6) is 1.91. The molecule has 0 aliphatic heterocycles. The zero-order valence-electron chi connectivity index (χ0n) is 71.1. The number of aromatic nitrogens is 3. The molecule has 120 heavy (non-hydrogen) atoms. The molecule has 0 atom stereocenters. The normalized spacial score (nSPS) is 11.8. The van der Waals surface area contributed by atoms with Crippen molar-refractivity contribution in [2.75, 3.05) is 0 Å². The summed E-state index contributed by atoms with van der Waals surface area (Å²) in [5, 5.41) is 3.92. The van der Waals surface area contributed by atoms with Crippen LogP contribution in [0.15, 0.2) is 346 Å². The number of pyridine rings is 3. The summed E-state index contributed by atoms with van der Waals surface area (Å²) in [7, 11) is 6.63. The number of rotatable bonds is 9. The predicted octanol–water partition coefficient (Wildman–Crippen LogP) is 29.5. The van der Waals surface area contributed by atoms with Crippen LogP contribution in [0.2, 0.25) is 0 Å². The molecular weight excluding hydrogens is 1450 g/mol. The molecule has 0 saturated carbocycles. The van der Waals surface area contributed by atoms with E-state index < -0.39 is 0 Å². The number of fused-ring (bicyclic) bond motifs is 27. The Morgan fingerprint density at radius 3 is 0.775 bits per heavy atom. The first kappa shape index (κ1) is 76.5. The minimum Gasteiger partial charge on any atom is -0.194 e. The lowest BCUT2D eigenvalue weighted by molar-refractivity contribution is -0.633. The molecule has 15 aromatic carbocycles. The highest BCUT2D eigenvalue weighted by atomic mass is 14.9. The zero-order valence-corrected chi connectivity index (χ0v) is 71.1. The standard InChI is InChI=1S/3C39H34N/c1-25(2)22-27-12-11-19-38-28(27)20-21-39(40(38)4)35-24-37-34-18-10-8-16-32(34)30-14-6-5-13-29(30)31-15-7-9-17-33(31)36(37)23-26(35)3;1-25(2)21-27-17-19-38-28(23-27)18-20-39(40(38)4)35-24-37-34-16-10-8-14-32(34)30-12-6-5-11-29(30)31-13-7-9-15-33(31)36(37)22-26(35)3;1-25(2)21-27-17-18-28-19-20-38(40(4)39(28)23-27)35-24-37-34-16-10-8-14-32(34)30-12-6-5-11-29(30)31-13-7-9-15-33(31)36(37)22-26(35)3/h5-21,23-25H,22H2,1-4H3;2*5-20,22-25H,21H2,1-4H3/q3*+1. The second kappa shape index (κ2) is 31.8. The molecule has 3 heterocycles. The molecule has 0 fully saturated rings. The number of nitrogens with zero attached hydrogens (tertiary/aromatic N) is 3. The van der Waals surface area contributed by atoms with Crippen molar-refractivity contribution in [3.8, 4) is 167 Å². The largest absolute Gasteiger partial charge is 0.213 e. The van der Waals surface area contributed by atoms with E-state index >= 15 is 0 Å². The summed E-state index contributed by atoms with van der Waals surface area (Å²) in [6, 6.07) is 129. The molecule has 3 aliphatic carbocycles. The van der Waals surface area contributed by atoms with E-state index in [1.54, 1.807) is 0 Å². The fraction of sp³-hybridized carbons (Fsp3) is 0.154. The van der Waals surface area contributed by atoms with E-state index in [4.69, 9.17) is 0 Å². The van der Waals surface area contributed by atoms with Crippen LogP contribution in [-0.2, 0) is 40.4 Å². The van der Waals surface area contributed by atoms with Gasteiger partial charge in [-0.15, -0.1) is 0 Å². The van der Waals surface area contributed by atoms with Crippen LogP contribution in [0.1, 0.15) is 74.9 Å². The van der Waals surface area contributed by atoms with Crippen LogP contribution in [0.25, 0.3) is 200 Å². The maximum atomic E-state index is 2.44. The van der Waals surface area contributed by atoms with Crippen LogP contribution < -0.4 is 13.7 Å². The van der Waals surface area contributed by atoms with Crippen LogP contribution in [0.5, 0.6) is 0 Å². The molecule has 0 N–H and O–H groups in total. The Balaban J connectivity index is 0.000000119. The van der Waals surface area contributed by atoms with Gasteiger partial charge in [-0.1, -0.05) is 284 Å². The lowest BCUT2D eigenvalue weighted by Crippen LogP contribution is -2.32. The summed E-state index contributed by atoms with van der Waals surface area (Å²) in [6.45, 7) is 20.5. The summed E-state index contributed by atoms with van der Waals surface area (Å²) >= 11 is 0. The van der Waals surface area contributed by atoms with Crippen LogP contribution >= 0.6 is 0 Å². The Morgan fingerprint density at radius 2 is 0.450 bits per heavy atom. The highest BCUT2D eigenvalue weighted by Crippen LogP contribution is 2.53. The minimum absolute atomic E-state index is 0.625. The number of aryl methyl sites for hydroxylation is 6. The van der Waals surface area contributed by atoms with Crippen molar-refractivity contribution in [2.45, 2.75) is 81.6 Å². The molecule has 21 rings (SSSR count). The van der Waals surface area contributed by atoms with Gasteiger partial charge in [-0.05, 0) is 291 Å². The number of benzene rings is 15. The van der Waals surface area contributed by atoms with Crippen LogP contribution in [0.3, 0.4) is 0 Å². The second-order valence-electron chi connectivity index (χ2n) is 34.8. The highest BCUT2D eigenvalue weighted by molar-refractivity contribution is 6.08. The smallest absolute Gasteiger partial charge is 0.194 e. The van der Waals surface area contributed by atoms with E-state index in [1.165, 1.54) is 233 Å². The molecule has 0 bridgehead atoms. The molecule has 18 aromatic rings. The SMILES string of the molecule is Cc1cc2c(cc1-c1ccc3c(CC(C)C)cccc3[n+]1C)-c1ccccc1-c1ccccc1-c1ccccc1-2.Cc1cc2c(cc1-c1ccc3cc(CC(C)C)ccc3[n+]1C)-c1ccccc1-c1ccccc1-c1ccccc1-2.Cc1cc2c(cc1-c1ccc3ccc(CC(C)C)cc3[n+]1C)-c1ccccc1-c1ccccc1-c1ccccc1-2. The Bertz CT molecular complexity index is 6920. The van der Waals surface area contributed by atoms with E-state index in [1.807, 2.05) is 0 Å². The van der Waals surface area contributed by atoms with Gasteiger partial charge in [-0.3, -0.25) is 0 Å². The van der Waals surface area contributed by atoms with Crippen molar-refractivity contribution < 1.29 is 13.7 Å². The maximum Gasteiger partial charge on any atom is 0.213 e. The van der Waals surface area contributed by atoms with E-state index in [0.717, 1.165) is 19.3 Å². The van der Waals surface area contributed by atoms with E-state index in [9.17, 15) is 0 Å². The van der Waals surface area contributed by atoms with Crippen molar-refractivity contribution >= 4 is 32.7 Å².